The van der Waals surface area contributed by atoms with Crippen LogP contribution in [0.25, 0.3) is 0 Å². The van der Waals surface area contributed by atoms with E-state index in [1.807, 2.05) is 0 Å². The monoisotopic (exact) mass is 318 g/mol. The first-order chi connectivity index (χ1) is 9.11. The average molecular weight is 319 g/mol. The summed E-state index contributed by atoms with van der Waals surface area (Å²) in [5, 5.41) is 0. The molecule has 0 amide bonds. The number of nitrogens with two attached hydrogens (primary N) is 1. The molecule has 2 rings (SSSR count). The number of halogens is 1. The summed E-state index contributed by atoms with van der Waals surface area (Å²) in [5.74, 6) is 0. The molecule has 0 aromatic heterocycles. The van der Waals surface area contributed by atoms with Crippen molar-refractivity contribution in [2.24, 2.45) is 5.73 Å². The molecular formula is C16H19BrN2. The molecule has 0 aliphatic rings. The standard InChI is InChI=1S/C16H19BrN2/c1-12-3-6-15(7-4-12)19(2)16-8-5-14(17)11-13(16)9-10-18/h3-8,11H,9-10,18H2,1-2H3. The van der Waals surface area contributed by atoms with Gasteiger partial charge >= 0.3 is 0 Å². The Morgan fingerprint density at radius 3 is 2.42 bits per heavy atom. The van der Waals surface area contributed by atoms with Crippen molar-refractivity contribution in [2.75, 3.05) is 18.5 Å². The SMILES string of the molecule is Cc1ccc(N(C)c2ccc(Br)cc2CCN)cc1. The Kier molecular flexibility index (Phi) is 4.61. The van der Waals surface area contributed by atoms with Gasteiger partial charge in [0, 0.05) is 22.9 Å². The van der Waals surface area contributed by atoms with Gasteiger partial charge in [-0.2, -0.15) is 0 Å². The zero-order valence-corrected chi connectivity index (χ0v) is 12.9. The minimum absolute atomic E-state index is 0.658. The zero-order valence-electron chi connectivity index (χ0n) is 11.4. The molecule has 19 heavy (non-hydrogen) atoms. The van der Waals surface area contributed by atoms with E-state index in [-0.39, 0.29) is 0 Å². The predicted molar refractivity (Wildman–Crippen MR) is 86.1 cm³/mol. The number of hydrogen-bond donors (Lipinski definition) is 1. The third-order valence-corrected chi connectivity index (χ3v) is 3.73. The number of aryl methyl sites for hydroxylation is 1. The summed E-state index contributed by atoms with van der Waals surface area (Å²) in [6.07, 6.45) is 0.880. The molecule has 2 aromatic rings. The smallest absolute Gasteiger partial charge is 0.0441 e. The lowest BCUT2D eigenvalue weighted by Gasteiger charge is -2.23. The van der Waals surface area contributed by atoms with Gasteiger partial charge in [-0.15, -0.1) is 0 Å². The molecule has 100 valence electrons. The molecule has 2 N–H and O–H groups in total. The average Bonchev–Trinajstić information content (AvgIpc) is 2.39. The fraction of sp³-hybridized carbons (Fsp3) is 0.250. The van der Waals surface area contributed by atoms with E-state index < -0.39 is 0 Å². The summed E-state index contributed by atoms with van der Waals surface area (Å²) in [6.45, 7) is 2.76. The van der Waals surface area contributed by atoms with Gasteiger partial charge < -0.3 is 10.6 Å². The van der Waals surface area contributed by atoms with Crippen LogP contribution in [0, 0.1) is 6.92 Å². The second kappa shape index (κ2) is 6.22. The molecule has 3 heteroatoms. The topological polar surface area (TPSA) is 29.3 Å². The molecule has 0 atom stereocenters. The van der Waals surface area contributed by atoms with Crippen molar-refractivity contribution >= 4 is 27.3 Å². The molecule has 2 aromatic carbocycles. The Hall–Kier alpha value is -1.32. The summed E-state index contributed by atoms with van der Waals surface area (Å²) in [4.78, 5) is 2.21. The minimum Gasteiger partial charge on any atom is -0.344 e. The van der Waals surface area contributed by atoms with E-state index in [1.165, 1.54) is 22.5 Å². The van der Waals surface area contributed by atoms with Gasteiger partial charge in [0.05, 0.1) is 0 Å². The molecule has 0 spiro atoms. The predicted octanol–water partition coefficient (Wildman–Crippen LogP) is 4.03. The molecule has 0 bridgehead atoms. The molecule has 0 saturated carbocycles. The Balaban J connectivity index is 2.37. The van der Waals surface area contributed by atoms with Crippen molar-refractivity contribution in [1.82, 2.24) is 0 Å². The third kappa shape index (κ3) is 3.37. The van der Waals surface area contributed by atoms with Gasteiger partial charge in [-0.25, -0.2) is 0 Å². The quantitative estimate of drug-likeness (QED) is 0.922. The highest BCUT2D eigenvalue weighted by Gasteiger charge is 2.09. The largest absolute Gasteiger partial charge is 0.344 e. The summed E-state index contributed by atoms with van der Waals surface area (Å²) in [6, 6.07) is 14.9. The van der Waals surface area contributed by atoms with Crippen LogP contribution in [0.3, 0.4) is 0 Å². The molecule has 2 nitrogen and oxygen atoms in total. The number of benzene rings is 2. The molecule has 0 aliphatic carbocycles. The Morgan fingerprint density at radius 2 is 1.79 bits per heavy atom. The molecule has 0 radical (unpaired) electrons. The van der Waals surface area contributed by atoms with Gasteiger partial charge in [-0.05, 0) is 55.8 Å². The van der Waals surface area contributed by atoms with Crippen LogP contribution < -0.4 is 10.6 Å². The highest BCUT2D eigenvalue weighted by molar-refractivity contribution is 9.10. The fourth-order valence-corrected chi connectivity index (χ4v) is 2.55. The highest BCUT2D eigenvalue weighted by Crippen LogP contribution is 2.29. The number of nitrogens with zero attached hydrogens (tertiary/aromatic N) is 1. The number of anilines is 2. The van der Waals surface area contributed by atoms with Gasteiger partial charge in [0.25, 0.3) is 0 Å². The van der Waals surface area contributed by atoms with Gasteiger partial charge in [0.1, 0.15) is 0 Å². The Morgan fingerprint density at radius 1 is 1.11 bits per heavy atom. The van der Waals surface area contributed by atoms with Crippen LogP contribution in [-0.2, 0) is 6.42 Å². The summed E-state index contributed by atoms with van der Waals surface area (Å²) < 4.78 is 1.09. The van der Waals surface area contributed by atoms with Crippen molar-refractivity contribution in [3.63, 3.8) is 0 Å². The molecule has 0 heterocycles. The summed E-state index contributed by atoms with van der Waals surface area (Å²) in [5.41, 5.74) is 10.6. The number of hydrogen-bond acceptors (Lipinski definition) is 2. The van der Waals surface area contributed by atoms with Gasteiger partial charge in [0.2, 0.25) is 0 Å². The van der Waals surface area contributed by atoms with Gasteiger partial charge in [-0.3, -0.25) is 0 Å². The third-order valence-electron chi connectivity index (χ3n) is 3.24. The maximum atomic E-state index is 5.70. The van der Waals surface area contributed by atoms with Crippen molar-refractivity contribution in [3.8, 4) is 0 Å². The second-order valence-electron chi connectivity index (χ2n) is 4.71. The molecule has 0 unspecified atom stereocenters. The van der Waals surface area contributed by atoms with Crippen LogP contribution in [0.4, 0.5) is 11.4 Å². The van der Waals surface area contributed by atoms with E-state index in [9.17, 15) is 0 Å². The molecule has 0 fully saturated rings. The van der Waals surface area contributed by atoms with E-state index in [0.717, 1.165) is 10.9 Å². The van der Waals surface area contributed by atoms with Crippen LogP contribution in [-0.4, -0.2) is 13.6 Å². The maximum absolute atomic E-state index is 5.70. The maximum Gasteiger partial charge on any atom is 0.0441 e. The van der Waals surface area contributed by atoms with Crippen LogP contribution in [0.5, 0.6) is 0 Å². The summed E-state index contributed by atoms with van der Waals surface area (Å²) >= 11 is 3.52. The van der Waals surface area contributed by atoms with Crippen LogP contribution >= 0.6 is 15.9 Å². The molecular weight excluding hydrogens is 300 g/mol. The first kappa shape index (κ1) is 14.1. The van der Waals surface area contributed by atoms with E-state index in [1.54, 1.807) is 0 Å². The van der Waals surface area contributed by atoms with E-state index in [0.29, 0.717) is 6.54 Å². The van der Waals surface area contributed by atoms with Crippen molar-refractivity contribution < 1.29 is 0 Å². The van der Waals surface area contributed by atoms with E-state index in [4.69, 9.17) is 5.73 Å². The lowest BCUT2D eigenvalue weighted by atomic mass is 10.1. The zero-order chi connectivity index (χ0) is 13.8. The lowest BCUT2D eigenvalue weighted by molar-refractivity contribution is 0.960. The van der Waals surface area contributed by atoms with E-state index >= 15 is 0 Å². The van der Waals surface area contributed by atoms with E-state index in [2.05, 4.69) is 77.3 Å². The fourth-order valence-electron chi connectivity index (χ4n) is 2.14. The normalized spacial score (nSPS) is 10.5. The Labute approximate surface area is 123 Å². The first-order valence-corrected chi connectivity index (χ1v) is 7.20. The van der Waals surface area contributed by atoms with Gasteiger partial charge in [0.15, 0.2) is 0 Å². The molecule has 0 saturated heterocycles. The van der Waals surface area contributed by atoms with Crippen LogP contribution in [0.15, 0.2) is 46.9 Å². The van der Waals surface area contributed by atoms with Crippen molar-refractivity contribution in [3.05, 3.63) is 58.1 Å². The van der Waals surface area contributed by atoms with Crippen molar-refractivity contribution in [1.29, 1.82) is 0 Å². The lowest BCUT2D eigenvalue weighted by Crippen LogP contribution is -2.13. The second-order valence-corrected chi connectivity index (χ2v) is 5.62. The Bertz CT molecular complexity index is 549. The summed E-state index contributed by atoms with van der Waals surface area (Å²) in [7, 11) is 2.09. The highest BCUT2D eigenvalue weighted by atomic mass is 79.9. The van der Waals surface area contributed by atoms with Crippen LogP contribution in [0.2, 0.25) is 0 Å². The molecule has 0 aliphatic heterocycles. The van der Waals surface area contributed by atoms with Crippen molar-refractivity contribution in [2.45, 2.75) is 13.3 Å². The minimum atomic E-state index is 0.658. The van der Waals surface area contributed by atoms with Crippen LogP contribution in [0.1, 0.15) is 11.1 Å². The first-order valence-electron chi connectivity index (χ1n) is 6.40. The van der Waals surface area contributed by atoms with Gasteiger partial charge in [-0.1, -0.05) is 33.6 Å². The number of rotatable bonds is 4.